The Morgan fingerprint density at radius 2 is 2.17 bits per heavy atom. The fraction of sp³-hybridized carbons (Fsp3) is 0.375. The maximum atomic E-state index is 12.5. The monoisotopic (exact) mass is 333 g/mol. The van der Waals surface area contributed by atoms with Crippen LogP contribution < -0.4 is 14.8 Å². The average Bonchev–Trinajstić information content (AvgIpc) is 3.13. The van der Waals surface area contributed by atoms with Crippen LogP contribution in [0.15, 0.2) is 29.1 Å². The normalized spacial score (nSPS) is 14.6. The Kier molecular flexibility index (Phi) is 5.09. The zero-order valence-electron chi connectivity index (χ0n) is 12.9. The van der Waals surface area contributed by atoms with Gasteiger partial charge in [0, 0.05) is 37.1 Å². The molecule has 122 valence electrons. The van der Waals surface area contributed by atoms with E-state index in [-0.39, 0.29) is 5.91 Å². The zero-order chi connectivity index (χ0) is 16.1. The highest BCUT2D eigenvalue weighted by Crippen LogP contribution is 2.29. The quantitative estimate of drug-likeness (QED) is 0.903. The molecule has 0 bridgehead atoms. The van der Waals surface area contributed by atoms with Crippen molar-refractivity contribution in [3.05, 3.63) is 40.3 Å². The third kappa shape index (κ3) is 3.80. The van der Waals surface area contributed by atoms with Gasteiger partial charge in [0.2, 0.25) is 0 Å². The third-order valence-corrected chi connectivity index (χ3v) is 4.31. The van der Waals surface area contributed by atoms with E-state index in [1.165, 1.54) is 11.3 Å². The van der Waals surface area contributed by atoms with Gasteiger partial charge in [-0.1, -0.05) is 0 Å². The van der Waals surface area contributed by atoms with E-state index in [0.29, 0.717) is 23.7 Å². The summed E-state index contributed by atoms with van der Waals surface area (Å²) in [6.07, 6.45) is 0. The minimum absolute atomic E-state index is 0.0239. The number of piperazine rings is 1. The number of aromatic nitrogens is 1. The Morgan fingerprint density at radius 1 is 1.35 bits per heavy atom. The van der Waals surface area contributed by atoms with Crippen LogP contribution >= 0.6 is 11.3 Å². The molecule has 2 aromatic rings. The van der Waals surface area contributed by atoms with Gasteiger partial charge in [0.15, 0.2) is 11.5 Å². The van der Waals surface area contributed by atoms with Gasteiger partial charge >= 0.3 is 0 Å². The minimum atomic E-state index is 0.0239. The standard InChI is InChI=1S/C16H19N3O3S/c1-21-15-8-12(16(20)19-6-4-17-5-7-19)2-3-14(15)22-9-13-10-23-11-18-13/h2-3,8,10-11,17H,4-7,9H2,1H3. The fourth-order valence-electron chi connectivity index (χ4n) is 2.43. The van der Waals surface area contributed by atoms with Gasteiger partial charge in [-0.15, -0.1) is 11.3 Å². The molecule has 0 aliphatic carbocycles. The van der Waals surface area contributed by atoms with E-state index in [2.05, 4.69) is 10.3 Å². The van der Waals surface area contributed by atoms with Crippen LogP contribution in [0, 0.1) is 0 Å². The summed E-state index contributed by atoms with van der Waals surface area (Å²) in [6, 6.07) is 5.30. The predicted octanol–water partition coefficient (Wildman–Crippen LogP) is 1.78. The number of carbonyl (C=O) groups is 1. The van der Waals surface area contributed by atoms with E-state index >= 15 is 0 Å². The summed E-state index contributed by atoms with van der Waals surface area (Å²) < 4.78 is 11.1. The maximum absolute atomic E-state index is 12.5. The maximum Gasteiger partial charge on any atom is 0.254 e. The van der Waals surface area contributed by atoms with Crippen molar-refractivity contribution < 1.29 is 14.3 Å². The van der Waals surface area contributed by atoms with Crippen LogP contribution in [0.1, 0.15) is 16.1 Å². The highest BCUT2D eigenvalue weighted by Gasteiger charge is 2.19. The number of thiazole rings is 1. The molecule has 1 aromatic carbocycles. The van der Waals surface area contributed by atoms with Gasteiger partial charge in [-0.2, -0.15) is 0 Å². The Labute approximate surface area is 139 Å². The molecule has 0 saturated carbocycles. The van der Waals surface area contributed by atoms with Gasteiger partial charge in [0.05, 0.1) is 18.3 Å². The molecule has 1 fully saturated rings. The van der Waals surface area contributed by atoms with Crippen molar-refractivity contribution in [1.29, 1.82) is 0 Å². The lowest BCUT2D eigenvalue weighted by molar-refractivity contribution is 0.0735. The first-order valence-corrected chi connectivity index (χ1v) is 8.40. The van der Waals surface area contributed by atoms with Crippen molar-refractivity contribution in [2.45, 2.75) is 6.61 Å². The number of rotatable bonds is 5. The Balaban J connectivity index is 1.72. The van der Waals surface area contributed by atoms with Gasteiger partial charge < -0.3 is 19.7 Å². The first-order valence-electron chi connectivity index (χ1n) is 7.46. The lowest BCUT2D eigenvalue weighted by Crippen LogP contribution is -2.46. The first kappa shape index (κ1) is 15.8. The highest BCUT2D eigenvalue weighted by atomic mass is 32.1. The molecule has 7 heteroatoms. The Morgan fingerprint density at radius 3 is 2.87 bits per heavy atom. The Bertz CT molecular complexity index is 655. The molecule has 0 atom stereocenters. The van der Waals surface area contributed by atoms with Gasteiger partial charge in [-0.25, -0.2) is 4.98 Å². The molecule has 1 N–H and O–H groups in total. The van der Waals surface area contributed by atoms with E-state index < -0.39 is 0 Å². The van der Waals surface area contributed by atoms with Crippen LogP contribution in [0.2, 0.25) is 0 Å². The second kappa shape index (κ2) is 7.43. The molecule has 3 rings (SSSR count). The third-order valence-electron chi connectivity index (χ3n) is 3.67. The lowest BCUT2D eigenvalue weighted by atomic mass is 10.1. The smallest absolute Gasteiger partial charge is 0.254 e. The highest BCUT2D eigenvalue weighted by molar-refractivity contribution is 7.07. The first-order chi connectivity index (χ1) is 11.3. The molecule has 0 radical (unpaired) electrons. The molecule has 23 heavy (non-hydrogen) atoms. The summed E-state index contributed by atoms with van der Waals surface area (Å²) in [5.74, 6) is 1.19. The van der Waals surface area contributed by atoms with E-state index in [4.69, 9.17) is 9.47 Å². The summed E-state index contributed by atoms with van der Waals surface area (Å²) in [5, 5.41) is 5.18. The molecule has 1 aromatic heterocycles. The van der Waals surface area contributed by atoms with Crippen LogP contribution in [0.4, 0.5) is 0 Å². The number of hydrogen-bond acceptors (Lipinski definition) is 6. The van der Waals surface area contributed by atoms with Gasteiger partial charge in [-0.3, -0.25) is 4.79 Å². The van der Waals surface area contributed by atoms with E-state index in [1.54, 1.807) is 30.8 Å². The number of methoxy groups -OCH3 is 1. The SMILES string of the molecule is COc1cc(C(=O)N2CCNCC2)ccc1OCc1cscn1. The second-order valence-electron chi connectivity index (χ2n) is 5.18. The fourth-order valence-corrected chi connectivity index (χ4v) is 2.97. The van der Waals surface area contributed by atoms with Gasteiger partial charge in [0.25, 0.3) is 5.91 Å². The van der Waals surface area contributed by atoms with Crippen molar-refractivity contribution in [2.24, 2.45) is 0 Å². The summed E-state index contributed by atoms with van der Waals surface area (Å²) in [6.45, 7) is 3.49. The molecule has 2 heterocycles. The van der Waals surface area contributed by atoms with E-state index in [0.717, 1.165) is 31.9 Å². The molecular formula is C16H19N3O3S. The van der Waals surface area contributed by atoms with Crippen molar-refractivity contribution in [3.8, 4) is 11.5 Å². The molecule has 6 nitrogen and oxygen atoms in total. The number of hydrogen-bond donors (Lipinski definition) is 1. The number of carbonyl (C=O) groups excluding carboxylic acids is 1. The average molecular weight is 333 g/mol. The van der Waals surface area contributed by atoms with Crippen LogP contribution in [0.3, 0.4) is 0 Å². The van der Waals surface area contributed by atoms with Crippen LogP contribution in [-0.4, -0.2) is 49.1 Å². The summed E-state index contributed by atoms with van der Waals surface area (Å²) in [5.41, 5.74) is 3.26. The van der Waals surface area contributed by atoms with Crippen LogP contribution in [0.5, 0.6) is 11.5 Å². The molecular weight excluding hydrogens is 314 g/mol. The zero-order valence-corrected chi connectivity index (χ0v) is 13.8. The molecule has 1 aliphatic heterocycles. The predicted molar refractivity (Wildman–Crippen MR) is 88.2 cm³/mol. The Hall–Kier alpha value is -2.12. The second-order valence-corrected chi connectivity index (χ2v) is 5.89. The van der Waals surface area contributed by atoms with E-state index in [1.807, 2.05) is 10.3 Å². The van der Waals surface area contributed by atoms with Gasteiger partial charge in [-0.05, 0) is 18.2 Å². The minimum Gasteiger partial charge on any atom is -0.493 e. The van der Waals surface area contributed by atoms with Crippen molar-refractivity contribution in [2.75, 3.05) is 33.3 Å². The number of nitrogens with zero attached hydrogens (tertiary/aromatic N) is 2. The lowest BCUT2D eigenvalue weighted by Gasteiger charge is -2.27. The van der Waals surface area contributed by atoms with Crippen LogP contribution in [-0.2, 0) is 6.61 Å². The summed E-state index contributed by atoms with van der Waals surface area (Å²) >= 11 is 1.53. The van der Waals surface area contributed by atoms with Gasteiger partial charge in [0.1, 0.15) is 6.61 Å². The number of amides is 1. The van der Waals surface area contributed by atoms with Crippen molar-refractivity contribution in [3.63, 3.8) is 0 Å². The summed E-state index contributed by atoms with van der Waals surface area (Å²) in [7, 11) is 1.57. The molecule has 1 aliphatic rings. The molecule has 0 spiro atoms. The number of benzene rings is 1. The summed E-state index contributed by atoms with van der Waals surface area (Å²) in [4.78, 5) is 18.5. The van der Waals surface area contributed by atoms with Crippen molar-refractivity contribution in [1.82, 2.24) is 15.2 Å². The number of ether oxygens (including phenoxy) is 2. The molecule has 1 saturated heterocycles. The van der Waals surface area contributed by atoms with Crippen LogP contribution in [0.25, 0.3) is 0 Å². The van der Waals surface area contributed by atoms with Crippen molar-refractivity contribution >= 4 is 17.2 Å². The topological polar surface area (TPSA) is 63.7 Å². The molecule has 0 unspecified atom stereocenters. The number of nitrogens with one attached hydrogen (secondary N) is 1. The largest absolute Gasteiger partial charge is 0.493 e. The molecule has 1 amide bonds. The van der Waals surface area contributed by atoms with E-state index in [9.17, 15) is 4.79 Å².